The first-order chi connectivity index (χ1) is 12.5. The van der Waals surface area contributed by atoms with Gasteiger partial charge in [-0.1, -0.05) is 11.6 Å². The molecule has 1 amide bonds. The number of amides is 1. The minimum Gasteiger partial charge on any atom is -0.370 e. The van der Waals surface area contributed by atoms with Gasteiger partial charge in [0.2, 0.25) is 0 Å². The lowest BCUT2D eigenvalue weighted by atomic mass is 10.1. The molecule has 0 unspecified atom stereocenters. The number of nitrogens with zero attached hydrogens (tertiary/aromatic N) is 4. The summed E-state index contributed by atoms with van der Waals surface area (Å²) in [4.78, 5) is 16.7. The molecule has 0 aliphatic carbocycles. The largest absolute Gasteiger partial charge is 0.370 e. The third-order valence-electron chi connectivity index (χ3n) is 4.95. The summed E-state index contributed by atoms with van der Waals surface area (Å²) >= 11 is 6.44. The highest BCUT2D eigenvalue weighted by Gasteiger charge is 2.18. The number of aryl methyl sites for hydroxylation is 3. The molecular formula is C20H27ClN4O. The second-order valence-electron chi connectivity index (χ2n) is 7.09. The molecular weight excluding hydrogens is 348 g/mol. The van der Waals surface area contributed by atoms with Gasteiger partial charge in [0.05, 0.1) is 16.4 Å². The van der Waals surface area contributed by atoms with Crippen molar-refractivity contribution in [1.29, 1.82) is 0 Å². The van der Waals surface area contributed by atoms with Crippen LogP contribution in [0.15, 0.2) is 24.3 Å². The van der Waals surface area contributed by atoms with Crippen LogP contribution in [-0.2, 0) is 6.54 Å². The van der Waals surface area contributed by atoms with Gasteiger partial charge in [-0.2, -0.15) is 5.10 Å². The van der Waals surface area contributed by atoms with Gasteiger partial charge in [-0.3, -0.25) is 9.48 Å². The highest BCUT2D eigenvalue weighted by Crippen LogP contribution is 2.29. The molecule has 2 aromatic rings. The van der Waals surface area contributed by atoms with E-state index in [4.69, 9.17) is 11.6 Å². The van der Waals surface area contributed by atoms with E-state index in [9.17, 15) is 4.79 Å². The summed E-state index contributed by atoms with van der Waals surface area (Å²) in [5.41, 5.74) is 3.86. The molecule has 0 radical (unpaired) electrons. The maximum atomic E-state index is 12.7. The lowest BCUT2D eigenvalue weighted by molar-refractivity contribution is 0.0791. The van der Waals surface area contributed by atoms with E-state index in [2.05, 4.69) is 23.0 Å². The summed E-state index contributed by atoms with van der Waals surface area (Å²) in [7, 11) is 1.84. The average molecular weight is 375 g/mol. The fraction of sp³-hybridized carbons (Fsp3) is 0.500. The van der Waals surface area contributed by atoms with E-state index >= 15 is 0 Å². The van der Waals surface area contributed by atoms with Crippen LogP contribution in [0.5, 0.6) is 0 Å². The van der Waals surface area contributed by atoms with Crippen molar-refractivity contribution in [2.24, 2.45) is 0 Å². The Morgan fingerprint density at radius 3 is 2.58 bits per heavy atom. The predicted octanol–water partition coefficient (Wildman–Crippen LogP) is 3.92. The summed E-state index contributed by atoms with van der Waals surface area (Å²) < 4.78 is 2.00. The minimum atomic E-state index is 0.00763. The first-order valence-corrected chi connectivity index (χ1v) is 9.64. The number of carbonyl (C=O) groups is 1. The molecule has 2 heterocycles. The Labute approximate surface area is 160 Å². The van der Waals surface area contributed by atoms with Crippen molar-refractivity contribution < 1.29 is 4.79 Å². The van der Waals surface area contributed by atoms with Gasteiger partial charge in [0.25, 0.3) is 5.91 Å². The maximum absolute atomic E-state index is 12.7. The van der Waals surface area contributed by atoms with Gasteiger partial charge in [0, 0.05) is 44.5 Å². The lowest BCUT2D eigenvalue weighted by Crippen LogP contribution is -2.28. The molecule has 0 atom stereocenters. The van der Waals surface area contributed by atoms with E-state index in [0.29, 0.717) is 17.1 Å². The molecule has 1 saturated heterocycles. The molecule has 140 valence electrons. The molecule has 0 saturated carbocycles. The Hall–Kier alpha value is -2.01. The fourth-order valence-corrected chi connectivity index (χ4v) is 3.84. The van der Waals surface area contributed by atoms with Crippen LogP contribution in [0.4, 0.5) is 5.69 Å². The van der Waals surface area contributed by atoms with E-state index in [1.54, 1.807) is 11.0 Å². The van der Waals surface area contributed by atoms with Gasteiger partial charge in [0.1, 0.15) is 0 Å². The number of hydrogen-bond donors (Lipinski definition) is 0. The van der Waals surface area contributed by atoms with Crippen molar-refractivity contribution in [3.05, 3.63) is 46.2 Å². The standard InChI is InChI=1S/C20H27ClN4O/c1-15-13-16(2)25(22-15)12-6-9-23(3)20(26)17-7-8-19(18(21)14-17)24-10-4-5-11-24/h7-8,13-14H,4-6,9-12H2,1-3H3. The summed E-state index contributed by atoms with van der Waals surface area (Å²) in [6, 6.07) is 7.73. The zero-order valence-electron chi connectivity index (χ0n) is 15.8. The summed E-state index contributed by atoms with van der Waals surface area (Å²) in [6.45, 7) is 7.63. The Bertz CT molecular complexity index is 780. The van der Waals surface area contributed by atoms with Gasteiger partial charge in [-0.15, -0.1) is 0 Å². The smallest absolute Gasteiger partial charge is 0.253 e. The van der Waals surface area contributed by atoms with Gasteiger partial charge in [0.15, 0.2) is 0 Å². The second-order valence-corrected chi connectivity index (χ2v) is 7.50. The van der Waals surface area contributed by atoms with E-state index in [-0.39, 0.29) is 5.91 Å². The zero-order chi connectivity index (χ0) is 18.7. The highest BCUT2D eigenvalue weighted by molar-refractivity contribution is 6.33. The predicted molar refractivity (Wildman–Crippen MR) is 106 cm³/mol. The van der Waals surface area contributed by atoms with Crippen LogP contribution in [0.1, 0.15) is 41.0 Å². The zero-order valence-corrected chi connectivity index (χ0v) is 16.6. The van der Waals surface area contributed by atoms with Crippen molar-refractivity contribution in [3.63, 3.8) is 0 Å². The topological polar surface area (TPSA) is 41.4 Å². The van der Waals surface area contributed by atoms with Crippen molar-refractivity contribution in [1.82, 2.24) is 14.7 Å². The third kappa shape index (κ3) is 4.21. The molecule has 1 aromatic heterocycles. The molecule has 0 spiro atoms. The van der Waals surface area contributed by atoms with Crippen LogP contribution in [-0.4, -0.2) is 47.3 Å². The second kappa shape index (κ2) is 8.12. The lowest BCUT2D eigenvalue weighted by Gasteiger charge is -2.21. The van der Waals surface area contributed by atoms with Crippen LogP contribution in [0.3, 0.4) is 0 Å². The molecule has 5 nitrogen and oxygen atoms in total. The van der Waals surface area contributed by atoms with Gasteiger partial charge in [-0.05, 0) is 57.4 Å². The number of carbonyl (C=O) groups excluding carboxylic acids is 1. The van der Waals surface area contributed by atoms with Gasteiger partial charge < -0.3 is 9.80 Å². The summed E-state index contributed by atoms with van der Waals surface area (Å²) in [6.07, 6.45) is 3.27. The number of rotatable bonds is 6. The molecule has 0 bridgehead atoms. The van der Waals surface area contributed by atoms with Crippen LogP contribution < -0.4 is 4.90 Å². The SMILES string of the molecule is Cc1cc(C)n(CCCN(C)C(=O)c2ccc(N3CCCC3)c(Cl)c2)n1. The Kier molecular flexibility index (Phi) is 5.87. The number of anilines is 1. The Morgan fingerprint density at radius 1 is 1.23 bits per heavy atom. The summed E-state index contributed by atoms with van der Waals surface area (Å²) in [5, 5.41) is 5.12. The van der Waals surface area contributed by atoms with Crippen molar-refractivity contribution >= 4 is 23.2 Å². The first-order valence-electron chi connectivity index (χ1n) is 9.27. The van der Waals surface area contributed by atoms with Crippen LogP contribution >= 0.6 is 11.6 Å². The number of aromatic nitrogens is 2. The van der Waals surface area contributed by atoms with Crippen molar-refractivity contribution in [2.75, 3.05) is 31.6 Å². The van der Waals surface area contributed by atoms with E-state index in [1.807, 2.05) is 30.8 Å². The minimum absolute atomic E-state index is 0.00763. The van der Waals surface area contributed by atoms with Crippen molar-refractivity contribution in [2.45, 2.75) is 39.7 Å². The van der Waals surface area contributed by atoms with Crippen LogP contribution in [0.2, 0.25) is 5.02 Å². The molecule has 0 N–H and O–H groups in total. The van der Waals surface area contributed by atoms with Gasteiger partial charge >= 0.3 is 0 Å². The monoisotopic (exact) mass is 374 g/mol. The highest BCUT2D eigenvalue weighted by atomic mass is 35.5. The molecule has 1 fully saturated rings. The van der Waals surface area contributed by atoms with Crippen LogP contribution in [0.25, 0.3) is 0 Å². The van der Waals surface area contributed by atoms with Crippen molar-refractivity contribution in [3.8, 4) is 0 Å². The summed E-state index contributed by atoms with van der Waals surface area (Å²) in [5.74, 6) is 0.00763. The normalized spacial score (nSPS) is 14.1. The molecule has 6 heteroatoms. The number of hydrogen-bond acceptors (Lipinski definition) is 3. The Morgan fingerprint density at radius 2 is 1.96 bits per heavy atom. The molecule has 1 aromatic carbocycles. The quantitative estimate of drug-likeness (QED) is 0.769. The fourth-order valence-electron chi connectivity index (χ4n) is 3.54. The molecule has 1 aliphatic rings. The third-order valence-corrected chi connectivity index (χ3v) is 5.26. The van der Waals surface area contributed by atoms with Crippen LogP contribution in [0, 0.1) is 13.8 Å². The maximum Gasteiger partial charge on any atom is 0.253 e. The number of halogens is 1. The molecule has 1 aliphatic heterocycles. The number of benzene rings is 1. The van der Waals surface area contributed by atoms with Gasteiger partial charge in [-0.25, -0.2) is 0 Å². The molecule has 26 heavy (non-hydrogen) atoms. The Balaban J connectivity index is 1.57. The average Bonchev–Trinajstić information content (AvgIpc) is 3.24. The molecule has 3 rings (SSSR count). The first kappa shape index (κ1) is 18.8. The van der Waals surface area contributed by atoms with E-state index in [0.717, 1.165) is 43.1 Å². The van der Waals surface area contributed by atoms with E-state index < -0.39 is 0 Å². The van der Waals surface area contributed by atoms with E-state index in [1.165, 1.54) is 12.8 Å².